The maximum atomic E-state index is 13.1. The number of amides is 1. The number of likely N-dealkylation sites (tertiary alicyclic amines) is 1. The molecule has 1 heterocycles. The lowest BCUT2D eigenvalue weighted by Crippen LogP contribution is -2.33. The van der Waals surface area contributed by atoms with Crippen molar-refractivity contribution in [3.05, 3.63) is 29.8 Å². The van der Waals surface area contributed by atoms with Crippen LogP contribution in [0, 0.1) is 23.5 Å². The summed E-state index contributed by atoms with van der Waals surface area (Å²) in [5, 5.41) is 12.4. The second kappa shape index (κ2) is 5.69. The highest BCUT2D eigenvalue weighted by atomic mass is 19.2. The molecule has 21 heavy (non-hydrogen) atoms. The van der Waals surface area contributed by atoms with Gasteiger partial charge < -0.3 is 10.4 Å². The second-order valence-corrected chi connectivity index (χ2v) is 5.94. The van der Waals surface area contributed by atoms with Gasteiger partial charge in [0.25, 0.3) is 0 Å². The first-order valence-electron chi connectivity index (χ1n) is 7.18. The van der Waals surface area contributed by atoms with Crippen LogP contribution in [-0.4, -0.2) is 41.7 Å². The molecule has 0 aromatic heterocycles. The average Bonchev–Trinajstić information content (AvgIpc) is 2.96. The Morgan fingerprint density at radius 3 is 2.81 bits per heavy atom. The summed E-state index contributed by atoms with van der Waals surface area (Å²) in [6, 6.07) is 3.29. The van der Waals surface area contributed by atoms with Crippen LogP contribution < -0.4 is 5.32 Å². The lowest BCUT2D eigenvalue weighted by atomic mass is 10.00. The standard InChI is InChI=1S/C15H18F2N2O2/c16-12-3-2-10(5-13(12)17)18-15(21)8-19-6-9-1-4-14(20)11(9)7-19/h2-3,5,9,11,14,20H,1,4,6-8H2,(H,18,21). The van der Waals surface area contributed by atoms with Crippen LogP contribution in [0.4, 0.5) is 14.5 Å². The molecule has 4 nitrogen and oxygen atoms in total. The highest BCUT2D eigenvalue weighted by molar-refractivity contribution is 5.92. The first-order chi connectivity index (χ1) is 10.0. The van der Waals surface area contributed by atoms with Gasteiger partial charge in [0.2, 0.25) is 5.91 Å². The molecule has 114 valence electrons. The Labute approximate surface area is 121 Å². The maximum absolute atomic E-state index is 13.1. The van der Waals surface area contributed by atoms with Crippen molar-refractivity contribution in [2.24, 2.45) is 11.8 Å². The largest absolute Gasteiger partial charge is 0.393 e. The number of benzene rings is 1. The first-order valence-corrected chi connectivity index (χ1v) is 7.18. The normalized spacial score (nSPS) is 28.6. The molecule has 1 aromatic carbocycles. The van der Waals surface area contributed by atoms with Gasteiger partial charge in [-0.05, 0) is 30.9 Å². The molecule has 1 saturated carbocycles. The molecule has 1 amide bonds. The highest BCUT2D eigenvalue weighted by Crippen LogP contribution is 2.37. The van der Waals surface area contributed by atoms with Gasteiger partial charge >= 0.3 is 0 Å². The molecule has 3 atom stereocenters. The molecule has 1 aliphatic carbocycles. The lowest BCUT2D eigenvalue weighted by Gasteiger charge is -2.17. The fourth-order valence-electron chi connectivity index (χ4n) is 3.44. The summed E-state index contributed by atoms with van der Waals surface area (Å²) in [5.74, 6) is -1.44. The quantitative estimate of drug-likeness (QED) is 0.891. The van der Waals surface area contributed by atoms with E-state index in [0.717, 1.165) is 38.1 Å². The molecule has 1 saturated heterocycles. The van der Waals surface area contributed by atoms with Crippen molar-refractivity contribution >= 4 is 11.6 Å². The van der Waals surface area contributed by atoms with E-state index >= 15 is 0 Å². The van der Waals surface area contributed by atoms with E-state index in [1.807, 2.05) is 4.90 Å². The van der Waals surface area contributed by atoms with Crippen LogP contribution >= 0.6 is 0 Å². The zero-order valence-electron chi connectivity index (χ0n) is 11.6. The number of rotatable bonds is 3. The van der Waals surface area contributed by atoms with Gasteiger partial charge in [-0.1, -0.05) is 0 Å². The number of hydrogen-bond acceptors (Lipinski definition) is 3. The van der Waals surface area contributed by atoms with Crippen LogP contribution in [-0.2, 0) is 4.79 Å². The van der Waals surface area contributed by atoms with Gasteiger partial charge in [-0.2, -0.15) is 0 Å². The van der Waals surface area contributed by atoms with Crippen molar-refractivity contribution in [2.45, 2.75) is 18.9 Å². The van der Waals surface area contributed by atoms with Crippen LogP contribution in [0.3, 0.4) is 0 Å². The fourth-order valence-corrected chi connectivity index (χ4v) is 3.44. The molecular weight excluding hydrogens is 278 g/mol. The summed E-state index contributed by atoms with van der Waals surface area (Å²) in [6.45, 7) is 1.74. The van der Waals surface area contributed by atoms with E-state index in [-0.39, 0.29) is 30.2 Å². The third-order valence-corrected chi connectivity index (χ3v) is 4.47. The fraction of sp³-hybridized carbons (Fsp3) is 0.533. The molecule has 3 unspecified atom stereocenters. The molecule has 6 heteroatoms. The average molecular weight is 296 g/mol. The van der Waals surface area contributed by atoms with Crippen molar-refractivity contribution in [1.82, 2.24) is 4.90 Å². The van der Waals surface area contributed by atoms with Gasteiger partial charge in [-0.3, -0.25) is 9.69 Å². The Bertz CT molecular complexity index is 552. The smallest absolute Gasteiger partial charge is 0.238 e. The van der Waals surface area contributed by atoms with Crippen molar-refractivity contribution in [2.75, 3.05) is 25.0 Å². The predicted molar refractivity (Wildman–Crippen MR) is 73.6 cm³/mol. The third kappa shape index (κ3) is 3.06. The topological polar surface area (TPSA) is 52.6 Å². The first kappa shape index (κ1) is 14.4. The lowest BCUT2D eigenvalue weighted by molar-refractivity contribution is -0.117. The summed E-state index contributed by atoms with van der Waals surface area (Å²) >= 11 is 0. The predicted octanol–water partition coefficient (Wildman–Crippen LogP) is 1.61. The molecule has 0 radical (unpaired) electrons. The minimum absolute atomic E-state index is 0.207. The minimum Gasteiger partial charge on any atom is -0.393 e. The number of carbonyl (C=O) groups is 1. The number of halogens is 2. The van der Waals surface area contributed by atoms with Gasteiger partial charge in [-0.25, -0.2) is 8.78 Å². The summed E-state index contributed by atoms with van der Waals surface area (Å²) < 4.78 is 25.9. The number of nitrogens with one attached hydrogen (secondary N) is 1. The molecule has 1 aromatic rings. The van der Waals surface area contributed by atoms with Gasteiger partial charge in [-0.15, -0.1) is 0 Å². The van der Waals surface area contributed by atoms with E-state index < -0.39 is 11.6 Å². The number of fused-ring (bicyclic) bond motifs is 1. The number of aliphatic hydroxyl groups excluding tert-OH is 1. The van der Waals surface area contributed by atoms with Crippen molar-refractivity contribution in [1.29, 1.82) is 0 Å². The molecule has 2 aliphatic rings. The van der Waals surface area contributed by atoms with E-state index in [4.69, 9.17) is 0 Å². The number of aliphatic hydroxyl groups is 1. The summed E-state index contributed by atoms with van der Waals surface area (Å²) in [5.41, 5.74) is 0.248. The molecule has 3 rings (SSSR count). The Hall–Kier alpha value is -1.53. The Morgan fingerprint density at radius 1 is 1.29 bits per heavy atom. The number of anilines is 1. The van der Waals surface area contributed by atoms with Crippen LogP contribution in [0.1, 0.15) is 12.8 Å². The zero-order valence-corrected chi connectivity index (χ0v) is 11.6. The molecule has 2 N–H and O–H groups in total. The molecule has 0 bridgehead atoms. The van der Waals surface area contributed by atoms with Crippen LogP contribution in [0.2, 0.25) is 0 Å². The monoisotopic (exact) mass is 296 g/mol. The summed E-state index contributed by atoms with van der Waals surface area (Å²) in [6.07, 6.45) is 1.60. The number of nitrogens with zero attached hydrogens (tertiary/aromatic N) is 1. The Kier molecular flexibility index (Phi) is 3.91. The van der Waals surface area contributed by atoms with Gasteiger partial charge in [0.05, 0.1) is 12.6 Å². The van der Waals surface area contributed by atoms with Crippen molar-refractivity contribution in [3.8, 4) is 0 Å². The van der Waals surface area contributed by atoms with Crippen LogP contribution in [0.15, 0.2) is 18.2 Å². The minimum atomic E-state index is -0.980. The van der Waals surface area contributed by atoms with E-state index in [9.17, 15) is 18.7 Å². The van der Waals surface area contributed by atoms with Crippen molar-refractivity contribution in [3.63, 3.8) is 0 Å². The summed E-state index contributed by atoms with van der Waals surface area (Å²) in [7, 11) is 0. The summed E-state index contributed by atoms with van der Waals surface area (Å²) in [4.78, 5) is 13.9. The highest BCUT2D eigenvalue weighted by Gasteiger charge is 2.41. The van der Waals surface area contributed by atoms with Crippen LogP contribution in [0.5, 0.6) is 0 Å². The Balaban J connectivity index is 1.54. The molecule has 1 aliphatic heterocycles. The van der Waals surface area contributed by atoms with Gasteiger partial charge in [0, 0.05) is 30.8 Å². The number of hydrogen-bond donors (Lipinski definition) is 2. The Morgan fingerprint density at radius 2 is 2.10 bits per heavy atom. The van der Waals surface area contributed by atoms with E-state index in [1.165, 1.54) is 6.07 Å². The van der Waals surface area contributed by atoms with Crippen molar-refractivity contribution < 1.29 is 18.7 Å². The molecule has 2 fully saturated rings. The van der Waals surface area contributed by atoms with E-state index in [1.54, 1.807) is 0 Å². The van der Waals surface area contributed by atoms with Crippen LogP contribution in [0.25, 0.3) is 0 Å². The van der Waals surface area contributed by atoms with Gasteiger partial charge in [0.15, 0.2) is 11.6 Å². The third-order valence-electron chi connectivity index (χ3n) is 4.47. The number of carbonyl (C=O) groups excluding carboxylic acids is 1. The van der Waals surface area contributed by atoms with Gasteiger partial charge in [0.1, 0.15) is 0 Å². The van der Waals surface area contributed by atoms with E-state index in [0.29, 0.717) is 5.92 Å². The molecular formula is C15H18F2N2O2. The zero-order chi connectivity index (χ0) is 15.0. The SMILES string of the molecule is O=C(CN1CC2CCC(O)C2C1)Nc1ccc(F)c(F)c1. The molecule has 0 spiro atoms. The second-order valence-electron chi connectivity index (χ2n) is 5.94. The van der Waals surface area contributed by atoms with E-state index in [2.05, 4.69) is 5.32 Å². The maximum Gasteiger partial charge on any atom is 0.238 e.